The molecular weight excluding hydrogens is 179 g/mol. The van der Waals surface area contributed by atoms with Gasteiger partial charge in [0.25, 0.3) is 0 Å². The van der Waals surface area contributed by atoms with Crippen molar-refractivity contribution in [2.75, 3.05) is 7.11 Å². The van der Waals surface area contributed by atoms with Gasteiger partial charge in [-0.1, -0.05) is 13.8 Å². The molecule has 0 amide bonds. The van der Waals surface area contributed by atoms with Gasteiger partial charge in [-0.2, -0.15) is 0 Å². The third-order valence-electron chi connectivity index (χ3n) is 2.63. The summed E-state index contributed by atoms with van der Waals surface area (Å²) >= 11 is 0. The van der Waals surface area contributed by atoms with Crippen LogP contribution in [0.25, 0.3) is 0 Å². The number of benzene rings is 1. The van der Waals surface area contributed by atoms with Crippen LogP contribution in [0.5, 0.6) is 5.75 Å². The van der Waals surface area contributed by atoms with Crippen LogP contribution in [0.15, 0.2) is 18.2 Å². The summed E-state index contributed by atoms with van der Waals surface area (Å²) in [4.78, 5) is 0. The molecule has 0 saturated carbocycles. The Bertz CT molecular complexity index is 292. The predicted octanol–water partition coefficient (Wildman–Crippen LogP) is 3.74. The SMILES string of the molecule is CCC(CC)c1cc(OC)ccc1F. The fourth-order valence-electron chi connectivity index (χ4n) is 1.69. The van der Waals surface area contributed by atoms with Crippen molar-refractivity contribution < 1.29 is 9.13 Å². The Labute approximate surface area is 84.9 Å². The van der Waals surface area contributed by atoms with Gasteiger partial charge in [0, 0.05) is 0 Å². The number of rotatable bonds is 4. The van der Waals surface area contributed by atoms with Gasteiger partial charge >= 0.3 is 0 Å². The van der Waals surface area contributed by atoms with Gasteiger partial charge in [0.15, 0.2) is 0 Å². The highest BCUT2D eigenvalue weighted by molar-refractivity contribution is 5.32. The van der Waals surface area contributed by atoms with Gasteiger partial charge in [-0.25, -0.2) is 4.39 Å². The predicted molar refractivity (Wildman–Crippen MR) is 56.3 cm³/mol. The van der Waals surface area contributed by atoms with Gasteiger partial charge < -0.3 is 4.74 Å². The highest BCUT2D eigenvalue weighted by Crippen LogP contribution is 2.28. The zero-order valence-corrected chi connectivity index (χ0v) is 9.01. The summed E-state index contributed by atoms with van der Waals surface area (Å²) in [5, 5.41) is 0. The summed E-state index contributed by atoms with van der Waals surface area (Å²) in [6.07, 6.45) is 1.92. The van der Waals surface area contributed by atoms with Crippen LogP contribution in [-0.2, 0) is 0 Å². The van der Waals surface area contributed by atoms with Gasteiger partial charge in [0.2, 0.25) is 0 Å². The van der Waals surface area contributed by atoms with Crippen LogP contribution in [0.3, 0.4) is 0 Å². The molecule has 0 aliphatic carbocycles. The molecule has 0 aromatic heterocycles. The first-order chi connectivity index (χ1) is 6.72. The van der Waals surface area contributed by atoms with Crippen molar-refractivity contribution in [2.45, 2.75) is 32.6 Å². The molecule has 0 fully saturated rings. The summed E-state index contributed by atoms with van der Waals surface area (Å²) in [6.45, 7) is 4.15. The quantitative estimate of drug-likeness (QED) is 0.712. The van der Waals surface area contributed by atoms with E-state index in [-0.39, 0.29) is 5.82 Å². The van der Waals surface area contributed by atoms with Crippen molar-refractivity contribution >= 4 is 0 Å². The molecule has 0 saturated heterocycles. The molecule has 0 N–H and O–H groups in total. The summed E-state index contributed by atoms with van der Waals surface area (Å²) < 4.78 is 18.6. The number of halogens is 1. The molecule has 0 unspecified atom stereocenters. The van der Waals surface area contributed by atoms with E-state index in [0.29, 0.717) is 5.92 Å². The molecule has 0 heterocycles. The van der Waals surface area contributed by atoms with Gasteiger partial charge in [0.05, 0.1) is 7.11 Å². The minimum atomic E-state index is -0.125. The number of methoxy groups -OCH3 is 1. The highest BCUT2D eigenvalue weighted by Gasteiger charge is 2.12. The van der Waals surface area contributed by atoms with E-state index in [1.54, 1.807) is 19.2 Å². The van der Waals surface area contributed by atoms with E-state index in [2.05, 4.69) is 13.8 Å². The molecule has 0 spiro atoms. The van der Waals surface area contributed by atoms with E-state index < -0.39 is 0 Å². The first-order valence-corrected chi connectivity index (χ1v) is 5.06. The molecule has 1 rings (SSSR count). The molecule has 14 heavy (non-hydrogen) atoms. The lowest BCUT2D eigenvalue weighted by molar-refractivity contribution is 0.411. The monoisotopic (exact) mass is 196 g/mol. The average molecular weight is 196 g/mol. The molecule has 0 radical (unpaired) electrons. The fourth-order valence-corrected chi connectivity index (χ4v) is 1.69. The third kappa shape index (κ3) is 2.25. The lowest BCUT2D eigenvalue weighted by atomic mass is 9.93. The van der Waals surface area contributed by atoms with Crippen LogP contribution in [0.4, 0.5) is 4.39 Å². The molecule has 0 atom stereocenters. The maximum Gasteiger partial charge on any atom is 0.126 e. The van der Waals surface area contributed by atoms with Crippen LogP contribution >= 0.6 is 0 Å². The second-order valence-electron chi connectivity index (χ2n) is 3.40. The molecule has 0 aliphatic heterocycles. The zero-order chi connectivity index (χ0) is 10.6. The zero-order valence-electron chi connectivity index (χ0n) is 9.01. The van der Waals surface area contributed by atoms with Crippen molar-refractivity contribution in [1.82, 2.24) is 0 Å². The average Bonchev–Trinajstić information content (AvgIpc) is 2.22. The highest BCUT2D eigenvalue weighted by atomic mass is 19.1. The molecule has 1 nitrogen and oxygen atoms in total. The Morgan fingerprint density at radius 2 is 1.93 bits per heavy atom. The number of hydrogen-bond donors (Lipinski definition) is 0. The van der Waals surface area contributed by atoms with Crippen LogP contribution in [0.2, 0.25) is 0 Å². The van der Waals surface area contributed by atoms with E-state index >= 15 is 0 Å². The Morgan fingerprint density at radius 1 is 1.29 bits per heavy atom. The normalized spacial score (nSPS) is 10.6. The van der Waals surface area contributed by atoms with E-state index in [4.69, 9.17) is 4.74 Å². The second-order valence-corrected chi connectivity index (χ2v) is 3.40. The standard InChI is InChI=1S/C12H17FO/c1-4-9(5-2)11-8-10(14-3)6-7-12(11)13/h6-9H,4-5H2,1-3H3. The molecule has 78 valence electrons. The first kappa shape index (κ1) is 11.0. The molecule has 1 aromatic carbocycles. The lowest BCUT2D eigenvalue weighted by Crippen LogP contribution is -1.99. The largest absolute Gasteiger partial charge is 0.497 e. The van der Waals surface area contributed by atoms with Crippen molar-refractivity contribution in [1.29, 1.82) is 0 Å². The maximum atomic E-state index is 13.5. The molecule has 0 aliphatic rings. The van der Waals surface area contributed by atoms with Crippen molar-refractivity contribution in [3.05, 3.63) is 29.6 Å². The van der Waals surface area contributed by atoms with Crippen molar-refractivity contribution in [2.24, 2.45) is 0 Å². The summed E-state index contributed by atoms with van der Waals surface area (Å²) in [5.74, 6) is 0.901. The third-order valence-corrected chi connectivity index (χ3v) is 2.63. The first-order valence-electron chi connectivity index (χ1n) is 5.06. The van der Waals surface area contributed by atoms with Crippen molar-refractivity contribution in [3.8, 4) is 5.75 Å². The minimum absolute atomic E-state index is 0.125. The van der Waals surface area contributed by atoms with Crippen LogP contribution in [0, 0.1) is 5.82 Å². The molecule has 0 bridgehead atoms. The molecular formula is C12H17FO. The topological polar surface area (TPSA) is 9.23 Å². The van der Waals surface area contributed by atoms with E-state index in [0.717, 1.165) is 24.2 Å². The Balaban J connectivity index is 3.04. The maximum absolute atomic E-state index is 13.5. The Hall–Kier alpha value is -1.05. The van der Waals surface area contributed by atoms with Gasteiger partial charge in [0.1, 0.15) is 11.6 Å². The van der Waals surface area contributed by atoms with Gasteiger partial charge in [-0.3, -0.25) is 0 Å². The number of hydrogen-bond acceptors (Lipinski definition) is 1. The van der Waals surface area contributed by atoms with E-state index in [1.165, 1.54) is 6.07 Å². The van der Waals surface area contributed by atoms with Crippen molar-refractivity contribution in [3.63, 3.8) is 0 Å². The second kappa shape index (κ2) is 4.99. The van der Waals surface area contributed by atoms with Crippen LogP contribution < -0.4 is 4.74 Å². The lowest BCUT2D eigenvalue weighted by Gasteiger charge is -2.14. The van der Waals surface area contributed by atoms with E-state index in [1.807, 2.05) is 0 Å². The molecule has 1 aromatic rings. The summed E-state index contributed by atoms with van der Waals surface area (Å²) in [5.41, 5.74) is 0.773. The smallest absolute Gasteiger partial charge is 0.126 e. The fraction of sp³-hybridized carbons (Fsp3) is 0.500. The number of ether oxygens (including phenoxy) is 1. The van der Waals surface area contributed by atoms with E-state index in [9.17, 15) is 4.39 Å². The van der Waals surface area contributed by atoms with Crippen LogP contribution in [0.1, 0.15) is 38.2 Å². The van der Waals surface area contributed by atoms with Gasteiger partial charge in [-0.15, -0.1) is 0 Å². The summed E-state index contributed by atoms with van der Waals surface area (Å²) in [6, 6.07) is 4.93. The Morgan fingerprint density at radius 3 is 2.43 bits per heavy atom. The molecule has 2 heteroatoms. The summed E-state index contributed by atoms with van der Waals surface area (Å²) in [7, 11) is 1.60. The van der Waals surface area contributed by atoms with Crippen LogP contribution in [-0.4, -0.2) is 7.11 Å². The van der Waals surface area contributed by atoms with Gasteiger partial charge in [-0.05, 0) is 42.5 Å². The Kier molecular flexibility index (Phi) is 3.93. The minimum Gasteiger partial charge on any atom is -0.497 e.